The maximum absolute atomic E-state index is 13.2. The van der Waals surface area contributed by atoms with Gasteiger partial charge in [0.1, 0.15) is 6.17 Å². The lowest BCUT2D eigenvalue weighted by atomic mass is 9.77. The molecule has 4 N–H and O–H groups in total. The van der Waals surface area contributed by atoms with Crippen LogP contribution in [0.5, 0.6) is 0 Å². The first-order valence-corrected chi connectivity index (χ1v) is 13.3. The number of nitrogens with zero attached hydrogens (tertiary/aromatic N) is 1. The fourth-order valence-corrected chi connectivity index (χ4v) is 6.27. The molecule has 4 atom stereocenters. The summed E-state index contributed by atoms with van der Waals surface area (Å²) in [7, 11) is 0. The van der Waals surface area contributed by atoms with Crippen molar-refractivity contribution in [3.8, 4) is 0 Å². The van der Waals surface area contributed by atoms with E-state index >= 15 is 0 Å². The lowest BCUT2D eigenvalue weighted by molar-refractivity contribution is -0.186. The summed E-state index contributed by atoms with van der Waals surface area (Å²) >= 11 is 0. The smallest absolute Gasteiger partial charge is 0.353 e. The number of halogens is 6. The molecule has 4 rings (SSSR count). The molecule has 0 bridgehead atoms. The Balaban J connectivity index is 1.35. The molecule has 1 saturated heterocycles. The molecule has 3 aliphatic carbocycles. The molecule has 4 fully saturated rings. The second kappa shape index (κ2) is 11.4. The molecule has 1 aliphatic heterocycles. The highest BCUT2D eigenvalue weighted by molar-refractivity contribution is 5.98. The van der Waals surface area contributed by atoms with Gasteiger partial charge in [-0.25, -0.2) is 10.4 Å². The zero-order chi connectivity index (χ0) is 25.9. The Morgan fingerprint density at radius 3 is 2.06 bits per heavy atom. The minimum absolute atomic E-state index is 0.0554. The Morgan fingerprint density at radius 1 is 0.750 bits per heavy atom. The second-order valence-corrected chi connectivity index (χ2v) is 11.0. The van der Waals surface area contributed by atoms with E-state index in [1.54, 1.807) is 0 Å². The summed E-state index contributed by atoms with van der Waals surface area (Å²) in [5.74, 6) is -3.27. The number of carbonyl (C=O) groups is 1. The predicted octanol–water partition coefficient (Wildman–Crippen LogP) is 4.92. The van der Waals surface area contributed by atoms with Gasteiger partial charge in [0.2, 0.25) is 5.91 Å². The SMILES string of the molecule is O=C(N/C(=N\C1CC(C2CCCC(C(F)(F)F)C2)NN1)NC1CCCC1)C1CCC(C(F)(F)F)CC1. The van der Waals surface area contributed by atoms with Crippen molar-refractivity contribution >= 4 is 11.9 Å². The summed E-state index contributed by atoms with van der Waals surface area (Å²) in [6, 6.07) is 0.00559. The molecule has 4 aliphatic rings. The van der Waals surface area contributed by atoms with Crippen LogP contribution in [0.15, 0.2) is 4.99 Å². The number of guanidine groups is 1. The van der Waals surface area contributed by atoms with Crippen molar-refractivity contribution in [3.63, 3.8) is 0 Å². The lowest BCUT2D eigenvalue weighted by Gasteiger charge is -2.33. The number of alkyl halides is 6. The van der Waals surface area contributed by atoms with Gasteiger partial charge in [-0.2, -0.15) is 26.3 Å². The molecule has 3 saturated carbocycles. The van der Waals surface area contributed by atoms with Crippen molar-refractivity contribution in [1.82, 2.24) is 21.5 Å². The molecule has 0 aromatic rings. The van der Waals surface area contributed by atoms with E-state index in [0.717, 1.165) is 32.1 Å². The van der Waals surface area contributed by atoms with Gasteiger partial charge in [0.15, 0.2) is 5.96 Å². The van der Waals surface area contributed by atoms with E-state index in [2.05, 4.69) is 26.5 Å². The van der Waals surface area contributed by atoms with Gasteiger partial charge < -0.3 is 5.32 Å². The number of nitrogens with one attached hydrogen (secondary N) is 4. The van der Waals surface area contributed by atoms with Gasteiger partial charge in [-0.05, 0) is 63.7 Å². The monoisotopic (exact) mass is 525 g/mol. The zero-order valence-corrected chi connectivity index (χ0v) is 20.4. The Bertz CT molecular complexity index is 774. The minimum Gasteiger partial charge on any atom is -0.353 e. The summed E-state index contributed by atoms with van der Waals surface area (Å²) in [5.41, 5.74) is 6.16. The highest BCUT2D eigenvalue weighted by Gasteiger charge is 2.45. The Morgan fingerprint density at radius 2 is 1.42 bits per heavy atom. The van der Waals surface area contributed by atoms with Crippen LogP contribution in [0.25, 0.3) is 0 Å². The van der Waals surface area contributed by atoms with Crippen LogP contribution >= 0.6 is 0 Å². The minimum atomic E-state index is -4.23. The van der Waals surface area contributed by atoms with E-state index < -0.39 is 36.3 Å². The molecule has 12 heteroatoms. The summed E-state index contributed by atoms with van der Waals surface area (Å²) in [4.78, 5) is 17.5. The number of carbonyl (C=O) groups excluding carboxylic acids is 1. The molecule has 1 amide bonds. The van der Waals surface area contributed by atoms with Crippen LogP contribution in [0.2, 0.25) is 0 Å². The molecule has 4 unspecified atom stereocenters. The van der Waals surface area contributed by atoms with Crippen molar-refractivity contribution in [2.75, 3.05) is 0 Å². The van der Waals surface area contributed by atoms with E-state index in [1.807, 2.05) is 0 Å². The van der Waals surface area contributed by atoms with Crippen LogP contribution in [0, 0.1) is 23.7 Å². The number of hydrazine groups is 1. The molecule has 0 spiro atoms. The molecular formula is C24H37F6N5O. The van der Waals surface area contributed by atoms with Crippen molar-refractivity contribution in [3.05, 3.63) is 0 Å². The van der Waals surface area contributed by atoms with Gasteiger partial charge in [0.05, 0.1) is 11.8 Å². The second-order valence-electron chi connectivity index (χ2n) is 11.0. The van der Waals surface area contributed by atoms with Crippen LogP contribution in [0.3, 0.4) is 0 Å². The number of amides is 1. The molecule has 36 heavy (non-hydrogen) atoms. The summed E-state index contributed by atoms with van der Waals surface area (Å²) in [6.45, 7) is 0. The summed E-state index contributed by atoms with van der Waals surface area (Å²) < 4.78 is 78.7. The standard InChI is InChI=1S/C24H37F6N5O/c25-23(26,27)16-10-8-14(9-11-16)21(36)33-22(31-18-6-1-2-7-18)32-20-13-19(34-35-20)15-4-3-5-17(12-15)24(28,29)30/h14-20,34-35H,1-13H2,(H2,31,32,33,36). The maximum atomic E-state index is 13.2. The molecule has 0 aromatic carbocycles. The van der Waals surface area contributed by atoms with Crippen molar-refractivity contribution < 1.29 is 31.1 Å². The van der Waals surface area contributed by atoms with E-state index in [9.17, 15) is 31.1 Å². The average molecular weight is 526 g/mol. The molecular weight excluding hydrogens is 488 g/mol. The molecule has 0 radical (unpaired) electrons. The van der Waals surface area contributed by atoms with Crippen LogP contribution in [-0.4, -0.2) is 42.5 Å². The van der Waals surface area contributed by atoms with Gasteiger partial charge in [0.25, 0.3) is 0 Å². The largest absolute Gasteiger partial charge is 0.391 e. The van der Waals surface area contributed by atoms with E-state index in [1.165, 1.54) is 0 Å². The lowest BCUT2D eigenvalue weighted by Crippen LogP contribution is -2.48. The Labute approximate surface area is 207 Å². The highest BCUT2D eigenvalue weighted by Crippen LogP contribution is 2.42. The zero-order valence-electron chi connectivity index (χ0n) is 20.4. The Kier molecular flexibility index (Phi) is 8.74. The van der Waals surface area contributed by atoms with Crippen molar-refractivity contribution in [1.29, 1.82) is 0 Å². The normalized spacial score (nSPS) is 35.1. The third-order valence-corrected chi connectivity index (χ3v) is 8.44. The fourth-order valence-electron chi connectivity index (χ4n) is 6.27. The van der Waals surface area contributed by atoms with Gasteiger partial charge in [-0.15, -0.1) is 0 Å². The van der Waals surface area contributed by atoms with Crippen molar-refractivity contribution in [2.45, 2.75) is 114 Å². The summed E-state index contributed by atoms with van der Waals surface area (Å²) in [6.07, 6.45) is -2.53. The van der Waals surface area contributed by atoms with Crippen LogP contribution in [-0.2, 0) is 4.79 Å². The van der Waals surface area contributed by atoms with E-state index in [0.29, 0.717) is 18.8 Å². The molecule has 0 aromatic heterocycles. The predicted molar refractivity (Wildman–Crippen MR) is 122 cm³/mol. The van der Waals surface area contributed by atoms with Gasteiger partial charge >= 0.3 is 12.4 Å². The average Bonchev–Trinajstić information content (AvgIpc) is 3.50. The first kappa shape index (κ1) is 27.5. The maximum Gasteiger partial charge on any atom is 0.391 e. The third kappa shape index (κ3) is 7.26. The number of hydrogen-bond acceptors (Lipinski definition) is 4. The fraction of sp³-hybridized carbons (Fsp3) is 0.917. The topological polar surface area (TPSA) is 77.5 Å². The van der Waals surface area contributed by atoms with E-state index in [-0.39, 0.29) is 62.4 Å². The van der Waals surface area contributed by atoms with Crippen LogP contribution in [0.4, 0.5) is 26.3 Å². The first-order chi connectivity index (χ1) is 17.0. The molecule has 6 nitrogen and oxygen atoms in total. The van der Waals surface area contributed by atoms with E-state index in [4.69, 9.17) is 0 Å². The molecule has 1 heterocycles. The number of hydrogen-bond donors (Lipinski definition) is 4. The number of rotatable bonds is 4. The highest BCUT2D eigenvalue weighted by atomic mass is 19.4. The van der Waals surface area contributed by atoms with Crippen LogP contribution < -0.4 is 21.5 Å². The first-order valence-electron chi connectivity index (χ1n) is 13.3. The number of aliphatic imine (C=N–C) groups is 1. The Hall–Kier alpha value is -1.56. The van der Waals surface area contributed by atoms with Gasteiger partial charge in [0, 0.05) is 24.4 Å². The molecule has 206 valence electrons. The summed E-state index contributed by atoms with van der Waals surface area (Å²) in [5, 5.41) is 6.11. The van der Waals surface area contributed by atoms with Crippen LogP contribution in [0.1, 0.15) is 83.5 Å². The van der Waals surface area contributed by atoms with Gasteiger partial charge in [-0.1, -0.05) is 19.3 Å². The quantitative estimate of drug-likeness (QED) is 0.239. The van der Waals surface area contributed by atoms with Gasteiger partial charge in [-0.3, -0.25) is 15.5 Å². The third-order valence-electron chi connectivity index (χ3n) is 8.44. The van der Waals surface area contributed by atoms with Crippen molar-refractivity contribution in [2.24, 2.45) is 28.7 Å².